The summed E-state index contributed by atoms with van der Waals surface area (Å²) in [7, 11) is 2.21. The molecule has 1 N–H and O–H groups in total. The minimum atomic E-state index is 0.0156. The average Bonchev–Trinajstić information content (AvgIpc) is 3.46. The van der Waals surface area contributed by atoms with Gasteiger partial charge in [0, 0.05) is 37.3 Å². The monoisotopic (exact) mass is 506 g/mol. The predicted octanol–water partition coefficient (Wildman–Crippen LogP) is 4.27. The van der Waals surface area contributed by atoms with E-state index in [1.165, 1.54) is 31.5 Å². The molecular formula is C29H35ClN4O2. The van der Waals surface area contributed by atoms with E-state index in [4.69, 9.17) is 11.6 Å². The maximum atomic E-state index is 13.1. The molecule has 2 aromatic carbocycles. The molecule has 2 amide bonds. The highest BCUT2D eigenvalue weighted by Crippen LogP contribution is 2.41. The number of rotatable bonds is 4. The molecule has 0 spiro atoms. The van der Waals surface area contributed by atoms with Gasteiger partial charge in [0.25, 0.3) is 11.8 Å². The lowest BCUT2D eigenvalue weighted by atomic mass is 9.97. The van der Waals surface area contributed by atoms with Gasteiger partial charge in [0.15, 0.2) is 0 Å². The number of hydrogen-bond acceptors (Lipinski definition) is 4. The molecule has 36 heavy (non-hydrogen) atoms. The van der Waals surface area contributed by atoms with Gasteiger partial charge in [-0.2, -0.15) is 0 Å². The molecule has 0 aromatic heterocycles. The molecule has 6 rings (SSSR count). The van der Waals surface area contributed by atoms with E-state index in [1.54, 1.807) is 6.07 Å². The van der Waals surface area contributed by atoms with E-state index in [0.29, 0.717) is 23.2 Å². The first kappa shape index (κ1) is 24.0. The number of aryl methyl sites for hydroxylation is 1. The van der Waals surface area contributed by atoms with Crippen molar-refractivity contribution < 1.29 is 9.59 Å². The van der Waals surface area contributed by atoms with Crippen LogP contribution in [0.4, 0.5) is 0 Å². The van der Waals surface area contributed by atoms with E-state index in [9.17, 15) is 9.59 Å². The molecule has 6 nitrogen and oxygen atoms in total. The topological polar surface area (TPSA) is 55.9 Å². The largest absolute Gasteiger partial charge is 0.349 e. The molecule has 0 bridgehead atoms. The number of carbonyl (C=O) groups excluding carboxylic acids is 2. The summed E-state index contributed by atoms with van der Waals surface area (Å²) >= 11 is 6.33. The first-order chi connectivity index (χ1) is 17.5. The Morgan fingerprint density at radius 2 is 1.75 bits per heavy atom. The van der Waals surface area contributed by atoms with Gasteiger partial charge >= 0.3 is 0 Å². The molecule has 0 unspecified atom stereocenters. The summed E-state index contributed by atoms with van der Waals surface area (Å²) < 4.78 is 0. The van der Waals surface area contributed by atoms with Crippen molar-refractivity contribution in [3.05, 3.63) is 69.2 Å². The van der Waals surface area contributed by atoms with Gasteiger partial charge in [-0.15, -0.1) is 0 Å². The van der Waals surface area contributed by atoms with Crippen LogP contribution in [0.15, 0.2) is 36.4 Å². The SMILES string of the molecule is CN1CCC(N2CCC(NC(=O)c3ccc4c(c3)CC[C@H]4N3Cc4cccc(Cl)c4C3=O)CC2)CC1. The van der Waals surface area contributed by atoms with Gasteiger partial charge in [-0.1, -0.05) is 29.8 Å². The summed E-state index contributed by atoms with van der Waals surface area (Å²) in [5.41, 5.74) is 4.71. The van der Waals surface area contributed by atoms with Crippen LogP contribution in [-0.4, -0.2) is 71.8 Å². The van der Waals surface area contributed by atoms with Gasteiger partial charge < -0.3 is 20.0 Å². The normalized spacial score (nSPS) is 23.7. The van der Waals surface area contributed by atoms with Gasteiger partial charge in [0.1, 0.15) is 0 Å². The Kier molecular flexibility index (Phi) is 6.53. The summed E-state index contributed by atoms with van der Waals surface area (Å²) in [5, 5.41) is 3.83. The lowest BCUT2D eigenvalue weighted by Gasteiger charge is -2.41. The van der Waals surface area contributed by atoms with Gasteiger partial charge in [0.05, 0.1) is 16.6 Å². The van der Waals surface area contributed by atoms with Crippen molar-refractivity contribution in [1.82, 2.24) is 20.0 Å². The molecule has 7 heteroatoms. The fourth-order valence-corrected chi connectivity index (χ4v) is 6.96. The van der Waals surface area contributed by atoms with E-state index >= 15 is 0 Å². The number of carbonyl (C=O) groups is 2. The van der Waals surface area contributed by atoms with Crippen molar-refractivity contribution in [3.8, 4) is 0 Å². The van der Waals surface area contributed by atoms with Crippen molar-refractivity contribution >= 4 is 23.4 Å². The first-order valence-corrected chi connectivity index (χ1v) is 13.8. The van der Waals surface area contributed by atoms with E-state index < -0.39 is 0 Å². The average molecular weight is 507 g/mol. The Labute approximate surface area is 218 Å². The van der Waals surface area contributed by atoms with Crippen molar-refractivity contribution in [1.29, 1.82) is 0 Å². The van der Waals surface area contributed by atoms with Crippen molar-refractivity contribution in [2.75, 3.05) is 33.2 Å². The van der Waals surface area contributed by atoms with E-state index in [-0.39, 0.29) is 23.9 Å². The molecule has 1 atom stereocenters. The number of nitrogens with zero attached hydrogens (tertiary/aromatic N) is 3. The second-order valence-electron chi connectivity index (χ2n) is 11.0. The lowest BCUT2D eigenvalue weighted by molar-refractivity contribution is 0.0701. The third-order valence-corrected chi connectivity index (χ3v) is 9.13. The number of nitrogens with one attached hydrogen (secondary N) is 1. The number of halogens is 1. The molecule has 190 valence electrons. The highest BCUT2D eigenvalue weighted by atomic mass is 35.5. The molecule has 1 aliphatic carbocycles. The van der Waals surface area contributed by atoms with Gasteiger partial charge in [-0.3, -0.25) is 9.59 Å². The molecular weight excluding hydrogens is 472 g/mol. The Morgan fingerprint density at radius 1 is 0.972 bits per heavy atom. The van der Waals surface area contributed by atoms with Crippen LogP contribution in [0.5, 0.6) is 0 Å². The molecule has 3 heterocycles. The zero-order valence-electron chi connectivity index (χ0n) is 21.0. The number of piperidine rings is 2. The molecule has 2 aromatic rings. The van der Waals surface area contributed by atoms with E-state index in [2.05, 4.69) is 28.2 Å². The summed E-state index contributed by atoms with van der Waals surface area (Å²) in [4.78, 5) is 33.2. The zero-order chi connectivity index (χ0) is 24.8. The third kappa shape index (κ3) is 4.44. The highest BCUT2D eigenvalue weighted by molar-refractivity contribution is 6.34. The fraction of sp³-hybridized carbons (Fsp3) is 0.517. The Hall–Kier alpha value is -2.41. The minimum Gasteiger partial charge on any atom is -0.349 e. The summed E-state index contributed by atoms with van der Waals surface area (Å²) in [6, 6.07) is 12.7. The van der Waals surface area contributed by atoms with Crippen molar-refractivity contribution in [2.45, 2.75) is 63.2 Å². The van der Waals surface area contributed by atoms with Crippen LogP contribution in [0.3, 0.4) is 0 Å². The predicted molar refractivity (Wildman–Crippen MR) is 141 cm³/mol. The van der Waals surface area contributed by atoms with Crippen LogP contribution in [0.1, 0.15) is 75.6 Å². The lowest BCUT2D eigenvalue weighted by Crippen LogP contribution is -2.50. The maximum Gasteiger partial charge on any atom is 0.256 e. The maximum absolute atomic E-state index is 13.1. The van der Waals surface area contributed by atoms with Crippen LogP contribution in [0, 0.1) is 0 Å². The first-order valence-electron chi connectivity index (χ1n) is 13.4. The van der Waals surface area contributed by atoms with E-state index in [0.717, 1.165) is 55.5 Å². The standard InChI is InChI=1S/C29H35ClN4O2/c1-32-13-11-23(12-14-32)33-15-9-22(10-16-33)31-28(35)20-5-7-24-19(17-20)6-8-26(24)34-18-21-3-2-4-25(30)27(21)29(34)36/h2-5,7,17,22-23,26H,6,8-16,18H2,1H3,(H,31,35)/t26-/m1/s1. The van der Waals surface area contributed by atoms with Crippen LogP contribution < -0.4 is 5.32 Å². The molecule has 2 fully saturated rings. The molecule has 2 saturated heterocycles. The van der Waals surface area contributed by atoms with Gasteiger partial charge in [0.2, 0.25) is 0 Å². The molecule has 0 saturated carbocycles. The summed E-state index contributed by atoms with van der Waals surface area (Å²) in [5.74, 6) is 0.0392. The Morgan fingerprint density at radius 3 is 2.50 bits per heavy atom. The number of likely N-dealkylation sites (tertiary alicyclic amines) is 2. The van der Waals surface area contributed by atoms with Crippen LogP contribution >= 0.6 is 11.6 Å². The second-order valence-corrected chi connectivity index (χ2v) is 11.4. The second kappa shape index (κ2) is 9.81. The Balaban J connectivity index is 1.07. The number of fused-ring (bicyclic) bond motifs is 2. The fourth-order valence-electron chi connectivity index (χ4n) is 6.69. The van der Waals surface area contributed by atoms with Crippen LogP contribution in [0.2, 0.25) is 5.02 Å². The van der Waals surface area contributed by atoms with E-state index in [1.807, 2.05) is 29.2 Å². The molecule has 3 aliphatic heterocycles. The number of hydrogen-bond donors (Lipinski definition) is 1. The van der Waals surface area contributed by atoms with Crippen LogP contribution in [0.25, 0.3) is 0 Å². The summed E-state index contributed by atoms with van der Waals surface area (Å²) in [6.45, 7) is 5.11. The van der Waals surface area contributed by atoms with Gasteiger partial charge in [-0.25, -0.2) is 0 Å². The third-order valence-electron chi connectivity index (χ3n) is 8.81. The minimum absolute atomic E-state index is 0.0156. The number of amides is 2. The number of benzene rings is 2. The van der Waals surface area contributed by atoms with Crippen molar-refractivity contribution in [2.24, 2.45) is 0 Å². The quantitative estimate of drug-likeness (QED) is 0.672. The zero-order valence-corrected chi connectivity index (χ0v) is 21.8. The molecule has 4 aliphatic rings. The smallest absolute Gasteiger partial charge is 0.256 e. The summed E-state index contributed by atoms with van der Waals surface area (Å²) in [6.07, 6.45) is 6.31. The Bertz CT molecular complexity index is 1170. The van der Waals surface area contributed by atoms with Crippen molar-refractivity contribution in [3.63, 3.8) is 0 Å². The van der Waals surface area contributed by atoms with Crippen LogP contribution in [-0.2, 0) is 13.0 Å². The molecule has 0 radical (unpaired) electrons. The van der Waals surface area contributed by atoms with Gasteiger partial charge in [-0.05, 0) is 93.6 Å². The highest BCUT2D eigenvalue weighted by Gasteiger charge is 2.38.